The number of ether oxygens (including phenoxy) is 1. The van der Waals surface area contributed by atoms with Gasteiger partial charge in [-0.05, 0) is 59.7 Å². The largest absolute Gasteiger partial charge is 0.486 e. The number of hydrogen-bond acceptors (Lipinski definition) is 5. The molecule has 0 saturated heterocycles. The van der Waals surface area contributed by atoms with Crippen molar-refractivity contribution >= 4 is 46.3 Å². The number of nitrogens with zero attached hydrogens (tertiary/aromatic N) is 3. The maximum Gasteiger partial charge on any atom is 0.416 e. The number of carboxylic acid groups (broad SMARTS) is 1. The van der Waals surface area contributed by atoms with E-state index in [1.807, 2.05) is 0 Å². The van der Waals surface area contributed by atoms with Crippen LogP contribution in [0.4, 0.5) is 13.2 Å². The van der Waals surface area contributed by atoms with E-state index in [0.717, 1.165) is 16.8 Å². The number of halogens is 5. The van der Waals surface area contributed by atoms with Gasteiger partial charge in [-0.25, -0.2) is 9.78 Å². The first-order valence-corrected chi connectivity index (χ1v) is 12.9. The van der Waals surface area contributed by atoms with Crippen molar-refractivity contribution in [1.29, 1.82) is 0 Å². The molecule has 1 heterocycles. The van der Waals surface area contributed by atoms with Crippen molar-refractivity contribution in [1.82, 2.24) is 9.66 Å². The van der Waals surface area contributed by atoms with Crippen molar-refractivity contribution in [2.24, 2.45) is 5.10 Å². The number of rotatable bonds is 7. The van der Waals surface area contributed by atoms with Crippen molar-refractivity contribution in [2.75, 3.05) is 0 Å². The predicted octanol–water partition coefficient (Wildman–Crippen LogP) is 7.55. The highest BCUT2D eigenvalue weighted by Gasteiger charge is 2.31. The quantitative estimate of drug-likeness (QED) is 0.192. The molecule has 5 aromatic rings. The molecule has 0 spiro atoms. The second-order valence-corrected chi connectivity index (χ2v) is 9.81. The second kappa shape index (κ2) is 11.7. The van der Waals surface area contributed by atoms with E-state index in [4.69, 9.17) is 33.0 Å². The maximum absolute atomic E-state index is 13.4. The lowest BCUT2D eigenvalue weighted by Crippen LogP contribution is -2.20. The summed E-state index contributed by atoms with van der Waals surface area (Å²) in [5.74, 6) is -0.964. The lowest BCUT2D eigenvalue weighted by Gasteiger charge is -2.12. The molecule has 212 valence electrons. The zero-order chi connectivity index (χ0) is 30.0. The number of hydrogen-bond donors (Lipinski definition) is 1. The first kappa shape index (κ1) is 28.8. The van der Waals surface area contributed by atoms with Crippen molar-refractivity contribution in [3.63, 3.8) is 0 Å². The zero-order valence-electron chi connectivity index (χ0n) is 21.3. The molecule has 0 saturated carbocycles. The van der Waals surface area contributed by atoms with Gasteiger partial charge in [0.15, 0.2) is 11.6 Å². The van der Waals surface area contributed by atoms with Gasteiger partial charge < -0.3 is 9.84 Å². The van der Waals surface area contributed by atoms with Crippen molar-refractivity contribution in [3.05, 3.63) is 128 Å². The van der Waals surface area contributed by atoms with Crippen LogP contribution in [0.2, 0.25) is 10.0 Å². The predicted molar refractivity (Wildman–Crippen MR) is 154 cm³/mol. The summed E-state index contributed by atoms with van der Waals surface area (Å²) in [5.41, 5.74) is 0.0458. The topological polar surface area (TPSA) is 93.8 Å². The third-order valence-corrected chi connectivity index (χ3v) is 6.69. The summed E-state index contributed by atoms with van der Waals surface area (Å²) < 4.78 is 46.9. The van der Waals surface area contributed by atoms with Gasteiger partial charge in [-0.1, -0.05) is 59.6 Å². The Morgan fingerprint density at radius 2 is 1.67 bits per heavy atom. The summed E-state index contributed by atoms with van der Waals surface area (Å²) in [4.78, 5) is 28.8. The highest BCUT2D eigenvalue weighted by Crippen LogP contribution is 2.35. The van der Waals surface area contributed by atoms with Crippen molar-refractivity contribution < 1.29 is 27.8 Å². The average Bonchev–Trinajstić information content (AvgIpc) is 2.96. The van der Waals surface area contributed by atoms with E-state index in [1.54, 1.807) is 36.4 Å². The van der Waals surface area contributed by atoms with Gasteiger partial charge in [0.2, 0.25) is 0 Å². The lowest BCUT2D eigenvalue weighted by atomic mass is 10.1. The van der Waals surface area contributed by atoms with Crippen molar-refractivity contribution in [3.8, 4) is 17.1 Å². The number of aromatic nitrogens is 2. The van der Waals surface area contributed by atoms with Crippen molar-refractivity contribution in [2.45, 2.75) is 12.8 Å². The lowest BCUT2D eigenvalue weighted by molar-refractivity contribution is -0.137. The van der Waals surface area contributed by atoms with Gasteiger partial charge >= 0.3 is 12.1 Å². The van der Waals surface area contributed by atoms with Crippen LogP contribution in [-0.2, 0) is 12.8 Å². The molecule has 0 bridgehead atoms. The third-order valence-electron chi connectivity index (χ3n) is 6.13. The van der Waals surface area contributed by atoms with Crippen LogP contribution in [0.3, 0.4) is 0 Å². The minimum absolute atomic E-state index is 0.0426. The fraction of sp³-hybridized carbons (Fsp3) is 0.0667. The molecular weight excluding hydrogens is 594 g/mol. The normalized spacial score (nSPS) is 11.7. The molecule has 4 aromatic carbocycles. The Balaban J connectivity index is 1.49. The van der Waals surface area contributed by atoms with Gasteiger partial charge in [-0.3, -0.25) is 4.79 Å². The summed E-state index contributed by atoms with van der Waals surface area (Å²) in [6, 6.07) is 20.0. The van der Waals surface area contributed by atoms with Gasteiger partial charge in [0.25, 0.3) is 5.56 Å². The number of alkyl halides is 3. The van der Waals surface area contributed by atoms with E-state index >= 15 is 0 Å². The molecule has 0 aliphatic carbocycles. The van der Waals surface area contributed by atoms with E-state index in [-0.39, 0.29) is 44.7 Å². The average molecular weight is 612 g/mol. The molecule has 5 rings (SSSR count). The number of para-hydroxylation sites is 1. The smallest absolute Gasteiger partial charge is 0.416 e. The number of aromatic carboxylic acids is 1. The van der Waals surface area contributed by atoms with Crippen LogP contribution in [0, 0.1) is 0 Å². The van der Waals surface area contributed by atoms with Gasteiger partial charge in [0.05, 0.1) is 38.3 Å². The fourth-order valence-corrected chi connectivity index (χ4v) is 4.68. The standard InChI is InChI=1S/C30H18Cl2F3N3O4/c31-23-12-18(13-24(32)26(23)42-16-17-8-10-19(11-9-17)29(40)41)15-36-38-27(20-4-3-5-21(14-20)30(33,34)35)37-25-7-2-1-6-22(25)28(38)39/h1-15H,16H2,(H,40,41). The molecule has 12 heteroatoms. The van der Waals surface area contributed by atoms with Gasteiger partial charge in [0.1, 0.15) is 6.61 Å². The summed E-state index contributed by atoms with van der Waals surface area (Å²) in [6.45, 7) is 0.0608. The molecule has 1 N–H and O–H groups in total. The molecule has 1 aromatic heterocycles. The Morgan fingerprint density at radius 3 is 2.33 bits per heavy atom. The van der Waals surface area contributed by atoms with Gasteiger partial charge in [-0.2, -0.15) is 22.9 Å². The number of carbonyl (C=O) groups is 1. The first-order chi connectivity index (χ1) is 20.0. The second-order valence-electron chi connectivity index (χ2n) is 9.00. The molecule has 0 atom stereocenters. The number of fused-ring (bicyclic) bond motifs is 1. The van der Waals surface area contributed by atoms with E-state index in [1.165, 1.54) is 42.6 Å². The Hall–Kier alpha value is -4.67. The number of benzene rings is 4. The molecule has 0 aliphatic heterocycles. The fourth-order valence-electron chi connectivity index (χ4n) is 4.07. The zero-order valence-corrected chi connectivity index (χ0v) is 22.8. The SMILES string of the molecule is O=C(O)c1ccc(COc2c(Cl)cc(C=Nn3c(-c4cccc(C(F)(F)F)c4)nc4ccccc4c3=O)cc2Cl)cc1. The van der Waals surface area contributed by atoms with Crippen LogP contribution in [0.1, 0.15) is 27.0 Å². The monoisotopic (exact) mass is 611 g/mol. The summed E-state index contributed by atoms with van der Waals surface area (Å²) >= 11 is 12.8. The minimum atomic E-state index is -4.60. The molecule has 0 amide bonds. The number of carboxylic acids is 1. The maximum atomic E-state index is 13.4. The summed E-state index contributed by atoms with van der Waals surface area (Å²) in [6.07, 6.45) is -3.32. The van der Waals surface area contributed by atoms with Gasteiger partial charge in [-0.15, -0.1) is 0 Å². The highest BCUT2D eigenvalue weighted by molar-refractivity contribution is 6.37. The molecule has 0 unspecified atom stereocenters. The Bertz CT molecular complexity index is 1880. The van der Waals surface area contributed by atoms with Crippen LogP contribution < -0.4 is 10.3 Å². The van der Waals surface area contributed by atoms with E-state index < -0.39 is 23.3 Å². The highest BCUT2D eigenvalue weighted by atomic mass is 35.5. The minimum Gasteiger partial charge on any atom is -0.486 e. The Morgan fingerprint density at radius 1 is 0.976 bits per heavy atom. The van der Waals surface area contributed by atoms with E-state index in [2.05, 4.69) is 10.1 Å². The van der Waals surface area contributed by atoms with Crippen LogP contribution in [0.15, 0.2) is 94.8 Å². The van der Waals surface area contributed by atoms with Crippen LogP contribution in [-0.4, -0.2) is 27.0 Å². The Labute approximate surface area is 246 Å². The van der Waals surface area contributed by atoms with E-state index in [0.29, 0.717) is 16.6 Å². The van der Waals surface area contributed by atoms with Crippen LogP contribution >= 0.6 is 23.2 Å². The Kier molecular flexibility index (Phi) is 8.02. The molecule has 0 fully saturated rings. The summed E-state index contributed by atoms with van der Waals surface area (Å²) in [5, 5.41) is 13.8. The molecular formula is C30H18Cl2F3N3O4. The van der Waals surface area contributed by atoms with Crippen LogP contribution in [0.25, 0.3) is 22.3 Å². The molecule has 7 nitrogen and oxygen atoms in total. The summed E-state index contributed by atoms with van der Waals surface area (Å²) in [7, 11) is 0. The molecule has 0 radical (unpaired) electrons. The molecule has 0 aliphatic rings. The molecule has 42 heavy (non-hydrogen) atoms. The van der Waals surface area contributed by atoms with Gasteiger partial charge in [0, 0.05) is 5.56 Å². The van der Waals surface area contributed by atoms with E-state index in [9.17, 15) is 22.8 Å². The third kappa shape index (κ3) is 6.14. The first-order valence-electron chi connectivity index (χ1n) is 12.2. The van der Waals surface area contributed by atoms with Crippen LogP contribution in [0.5, 0.6) is 5.75 Å².